The molecule has 3 heteroatoms. The van der Waals surface area contributed by atoms with Crippen molar-refractivity contribution in [3.8, 4) is 0 Å². The first-order valence-electron chi connectivity index (χ1n) is 7.89. The van der Waals surface area contributed by atoms with Crippen LogP contribution in [0.5, 0.6) is 0 Å². The van der Waals surface area contributed by atoms with E-state index in [1.807, 2.05) is 19.0 Å². The number of nitrogens with zero attached hydrogens (tertiary/aromatic N) is 2. The molecule has 1 aliphatic rings. The molecule has 1 amide bonds. The van der Waals surface area contributed by atoms with Gasteiger partial charge in [-0.2, -0.15) is 0 Å². The van der Waals surface area contributed by atoms with Crippen molar-refractivity contribution >= 4 is 5.91 Å². The lowest BCUT2D eigenvalue weighted by atomic mass is 9.80. The van der Waals surface area contributed by atoms with Gasteiger partial charge in [0.15, 0.2) is 0 Å². The summed E-state index contributed by atoms with van der Waals surface area (Å²) in [4.78, 5) is 16.6. The molecule has 1 heterocycles. The second-order valence-corrected chi connectivity index (χ2v) is 7.20. The molecule has 1 rings (SSSR count). The second kappa shape index (κ2) is 6.75. The van der Waals surface area contributed by atoms with Crippen LogP contribution in [-0.2, 0) is 4.79 Å². The van der Waals surface area contributed by atoms with Crippen molar-refractivity contribution < 1.29 is 4.79 Å². The lowest BCUT2D eigenvalue weighted by Gasteiger charge is -2.35. The number of likely N-dealkylation sites (N-methyl/N-ethyl adjacent to an activating group) is 1. The van der Waals surface area contributed by atoms with Gasteiger partial charge >= 0.3 is 0 Å². The van der Waals surface area contributed by atoms with E-state index in [1.54, 1.807) is 0 Å². The summed E-state index contributed by atoms with van der Waals surface area (Å²) in [6.45, 7) is 12.7. The van der Waals surface area contributed by atoms with Gasteiger partial charge in [0, 0.05) is 17.7 Å². The van der Waals surface area contributed by atoms with Crippen LogP contribution < -0.4 is 0 Å². The molecule has 0 aromatic heterocycles. The molecule has 20 heavy (non-hydrogen) atoms. The van der Waals surface area contributed by atoms with Gasteiger partial charge in [-0.05, 0) is 38.4 Å². The van der Waals surface area contributed by atoms with Crippen molar-refractivity contribution in [2.45, 2.75) is 53.9 Å². The highest BCUT2D eigenvalue weighted by molar-refractivity contribution is 5.81. The quantitative estimate of drug-likeness (QED) is 0.743. The first kappa shape index (κ1) is 17.2. The van der Waals surface area contributed by atoms with Crippen molar-refractivity contribution in [1.82, 2.24) is 9.80 Å². The standard InChI is InChI=1S/C17H32N2O/c1-8-10-17(4,5)16-14(13(2)3)9-11-19(16)15(20)12-18(6)7/h13H,8-12H2,1-7H3. The molecule has 116 valence electrons. The first-order chi connectivity index (χ1) is 9.20. The SMILES string of the molecule is CCCC(C)(C)C1=C(C(C)C)CCN1C(=O)CN(C)C. The summed E-state index contributed by atoms with van der Waals surface area (Å²) < 4.78 is 0. The van der Waals surface area contributed by atoms with Gasteiger partial charge in [0.25, 0.3) is 0 Å². The molecule has 0 bridgehead atoms. The number of hydrogen-bond donors (Lipinski definition) is 0. The Hall–Kier alpha value is -0.830. The van der Waals surface area contributed by atoms with Crippen molar-refractivity contribution in [3.05, 3.63) is 11.3 Å². The van der Waals surface area contributed by atoms with Crippen molar-refractivity contribution in [1.29, 1.82) is 0 Å². The topological polar surface area (TPSA) is 23.6 Å². The smallest absolute Gasteiger partial charge is 0.240 e. The average Bonchev–Trinajstić information content (AvgIpc) is 2.72. The normalized spacial score (nSPS) is 16.8. The van der Waals surface area contributed by atoms with E-state index < -0.39 is 0 Å². The maximum atomic E-state index is 12.5. The summed E-state index contributed by atoms with van der Waals surface area (Å²) in [5.41, 5.74) is 2.88. The molecule has 0 aromatic rings. The Morgan fingerprint density at radius 1 is 1.35 bits per heavy atom. The minimum absolute atomic E-state index is 0.0901. The van der Waals surface area contributed by atoms with Gasteiger partial charge in [-0.25, -0.2) is 0 Å². The van der Waals surface area contributed by atoms with Crippen molar-refractivity contribution in [3.63, 3.8) is 0 Å². The minimum Gasteiger partial charge on any atom is -0.314 e. The van der Waals surface area contributed by atoms with Gasteiger partial charge in [-0.15, -0.1) is 0 Å². The molecule has 3 nitrogen and oxygen atoms in total. The Morgan fingerprint density at radius 3 is 2.40 bits per heavy atom. The molecule has 0 spiro atoms. The van der Waals surface area contributed by atoms with Crippen LogP contribution >= 0.6 is 0 Å². The largest absolute Gasteiger partial charge is 0.314 e. The third kappa shape index (κ3) is 3.85. The third-order valence-corrected chi connectivity index (χ3v) is 4.14. The van der Waals surface area contributed by atoms with Crippen molar-refractivity contribution in [2.24, 2.45) is 11.3 Å². The lowest BCUT2D eigenvalue weighted by molar-refractivity contribution is -0.130. The monoisotopic (exact) mass is 280 g/mol. The summed E-state index contributed by atoms with van der Waals surface area (Å²) in [5, 5.41) is 0. The van der Waals surface area contributed by atoms with E-state index in [1.165, 1.54) is 11.3 Å². The van der Waals surface area contributed by atoms with E-state index in [2.05, 4.69) is 39.5 Å². The highest BCUT2D eigenvalue weighted by Gasteiger charge is 2.37. The zero-order valence-electron chi connectivity index (χ0n) is 14.4. The fourth-order valence-corrected chi connectivity index (χ4v) is 3.35. The molecule has 0 saturated heterocycles. The molecule has 0 atom stereocenters. The maximum absolute atomic E-state index is 12.5. The maximum Gasteiger partial charge on any atom is 0.240 e. The number of amides is 1. The highest BCUT2D eigenvalue weighted by Crippen LogP contribution is 2.42. The van der Waals surface area contributed by atoms with E-state index in [-0.39, 0.29) is 11.3 Å². The van der Waals surface area contributed by atoms with Gasteiger partial charge in [0.2, 0.25) is 5.91 Å². The van der Waals surface area contributed by atoms with E-state index in [0.29, 0.717) is 12.5 Å². The Balaban J connectivity index is 3.11. The van der Waals surface area contributed by atoms with Crippen LogP contribution in [-0.4, -0.2) is 42.9 Å². The molecule has 0 saturated carbocycles. The number of rotatable bonds is 6. The van der Waals surface area contributed by atoms with Crippen LogP contribution in [0.2, 0.25) is 0 Å². The lowest BCUT2D eigenvalue weighted by Crippen LogP contribution is -2.39. The number of carbonyl (C=O) groups excluding carboxylic acids is 1. The zero-order valence-corrected chi connectivity index (χ0v) is 14.4. The molecule has 0 fully saturated rings. The minimum atomic E-state index is 0.0901. The fraction of sp³-hybridized carbons (Fsp3) is 0.824. The molecule has 0 N–H and O–H groups in total. The van der Waals surface area contributed by atoms with Crippen LogP contribution in [0.4, 0.5) is 0 Å². The third-order valence-electron chi connectivity index (χ3n) is 4.14. The van der Waals surface area contributed by atoms with Crippen LogP contribution in [0.3, 0.4) is 0 Å². The predicted molar refractivity (Wildman–Crippen MR) is 85.4 cm³/mol. The van der Waals surface area contributed by atoms with Gasteiger partial charge in [0.05, 0.1) is 6.54 Å². The Kier molecular flexibility index (Phi) is 5.81. The zero-order chi connectivity index (χ0) is 15.5. The molecular formula is C17H32N2O. The van der Waals surface area contributed by atoms with E-state index in [4.69, 9.17) is 0 Å². The first-order valence-corrected chi connectivity index (χ1v) is 7.89. The fourth-order valence-electron chi connectivity index (χ4n) is 3.35. The predicted octanol–water partition coefficient (Wildman–Crippen LogP) is 3.52. The Bertz CT molecular complexity index is 380. The molecule has 0 unspecified atom stereocenters. The number of carbonyl (C=O) groups is 1. The summed E-state index contributed by atoms with van der Waals surface area (Å²) in [6, 6.07) is 0. The molecule has 0 aliphatic carbocycles. The molecule has 1 aliphatic heterocycles. The van der Waals surface area contributed by atoms with Gasteiger partial charge < -0.3 is 9.80 Å². The second-order valence-electron chi connectivity index (χ2n) is 7.20. The Morgan fingerprint density at radius 2 is 1.95 bits per heavy atom. The van der Waals surface area contributed by atoms with E-state index in [0.717, 1.165) is 25.8 Å². The van der Waals surface area contributed by atoms with Gasteiger partial charge in [0.1, 0.15) is 0 Å². The Labute approximate surface area is 125 Å². The molecule has 0 radical (unpaired) electrons. The highest BCUT2D eigenvalue weighted by atomic mass is 16.2. The number of allylic oxidation sites excluding steroid dienone is 1. The summed E-state index contributed by atoms with van der Waals surface area (Å²) in [7, 11) is 3.91. The summed E-state index contributed by atoms with van der Waals surface area (Å²) >= 11 is 0. The van der Waals surface area contributed by atoms with Crippen LogP contribution in [0, 0.1) is 11.3 Å². The number of hydrogen-bond acceptors (Lipinski definition) is 2. The van der Waals surface area contributed by atoms with E-state index in [9.17, 15) is 4.79 Å². The van der Waals surface area contributed by atoms with Gasteiger partial charge in [-0.3, -0.25) is 4.79 Å². The van der Waals surface area contributed by atoms with Gasteiger partial charge in [-0.1, -0.05) is 41.0 Å². The summed E-state index contributed by atoms with van der Waals surface area (Å²) in [5.74, 6) is 0.767. The van der Waals surface area contributed by atoms with Crippen LogP contribution in [0.1, 0.15) is 53.9 Å². The van der Waals surface area contributed by atoms with Crippen LogP contribution in [0.15, 0.2) is 11.3 Å². The van der Waals surface area contributed by atoms with E-state index >= 15 is 0 Å². The molecular weight excluding hydrogens is 248 g/mol. The summed E-state index contributed by atoms with van der Waals surface area (Å²) in [6.07, 6.45) is 3.32. The average molecular weight is 280 g/mol. The molecule has 0 aromatic carbocycles. The van der Waals surface area contributed by atoms with Crippen LogP contribution in [0.25, 0.3) is 0 Å². The van der Waals surface area contributed by atoms with Crippen molar-refractivity contribution in [2.75, 3.05) is 27.2 Å².